The number of anilines is 1. The Morgan fingerprint density at radius 1 is 1.26 bits per heavy atom. The van der Waals surface area contributed by atoms with Crippen molar-refractivity contribution in [3.8, 4) is 5.69 Å². The summed E-state index contributed by atoms with van der Waals surface area (Å²) in [6.07, 6.45) is 1.86. The van der Waals surface area contributed by atoms with Gasteiger partial charge in [0, 0.05) is 31.9 Å². The Bertz CT molecular complexity index is 992. The van der Waals surface area contributed by atoms with E-state index in [-0.39, 0.29) is 12.5 Å². The molecule has 0 unspecified atom stereocenters. The summed E-state index contributed by atoms with van der Waals surface area (Å²) in [6, 6.07) is 8.09. The van der Waals surface area contributed by atoms with Crippen molar-refractivity contribution in [2.24, 2.45) is 0 Å². The van der Waals surface area contributed by atoms with Crippen LogP contribution in [0, 0.1) is 19.7 Å². The number of aryl methyl sites for hydroxylation is 2. The Morgan fingerprint density at radius 3 is 2.89 bits per heavy atom. The largest absolute Gasteiger partial charge is 0.330 e. The number of imidazole rings is 1. The molecular formula is C19H21FN6O. The lowest BCUT2D eigenvalue weighted by molar-refractivity contribution is -0.117. The zero-order valence-electron chi connectivity index (χ0n) is 15.3. The zero-order chi connectivity index (χ0) is 19.0. The highest BCUT2D eigenvalue weighted by Crippen LogP contribution is 2.20. The molecule has 0 fully saturated rings. The highest BCUT2D eigenvalue weighted by atomic mass is 19.1. The summed E-state index contributed by atoms with van der Waals surface area (Å²) in [4.78, 5) is 19.0. The molecule has 0 atom stereocenters. The SMILES string of the molecule is Cc1cc(NC(=O)CN2CCn3c(cnc3C)C2)n(-c2ccccc2F)n1. The third-order valence-electron chi connectivity index (χ3n) is 4.71. The molecule has 2 aromatic heterocycles. The first-order valence-corrected chi connectivity index (χ1v) is 8.86. The van der Waals surface area contributed by atoms with Crippen molar-refractivity contribution in [2.45, 2.75) is 26.9 Å². The van der Waals surface area contributed by atoms with Gasteiger partial charge < -0.3 is 9.88 Å². The summed E-state index contributed by atoms with van der Waals surface area (Å²) in [5.41, 5.74) is 2.11. The lowest BCUT2D eigenvalue weighted by Gasteiger charge is -2.27. The van der Waals surface area contributed by atoms with Gasteiger partial charge in [-0.15, -0.1) is 0 Å². The molecular weight excluding hydrogens is 347 g/mol. The molecule has 0 bridgehead atoms. The van der Waals surface area contributed by atoms with E-state index in [0.29, 0.717) is 23.7 Å². The summed E-state index contributed by atoms with van der Waals surface area (Å²) in [6.45, 7) is 6.33. The third kappa shape index (κ3) is 3.48. The number of benzene rings is 1. The first kappa shape index (κ1) is 17.4. The Hall–Kier alpha value is -3.00. The van der Waals surface area contributed by atoms with Gasteiger partial charge in [-0.1, -0.05) is 12.1 Å². The van der Waals surface area contributed by atoms with Gasteiger partial charge in [-0.2, -0.15) is 5.10 Å². The Labute approximate surface area is 156 Å². The van der Waals surface area contributed by atoms with Gasteiger partial charge in [0.05, 0.1) is 17.9 Å². The first-order chi connectivity index (χ1) is 13.0. The third-order valence-corrected chi connectivity index (χ3v) is 4.71. The maximum atomic E-state index is 14.1. The lowest BCUT2D eigenvalue weighted by Crippen LogP contribution is -2.39. The number of para-hydroxylation sites is 1. The van der Waals surface area contributed by atoms with Crippen LogP contribution >= 0.6 is 0 Å². The molecule has 0 saturated heterocycles. The van der Waals surface area contributed by atoms with Gasteiger partial charge in [0.1, 0.15) is 23.1 Å². The van der Waals surface area contributed by atoms with Gasteiger partial charge in [0.15, 0.2) is 0 Å². The Kier molecular flexibility index (Phi) is 4.49. The van der Waals surface area contributed by atoms with Gasteiger partial charge in [-0.3, -0.25) is 9.69 Å². The second-order valence-electron chi connectivity index (χ2n) is 6.74. The molecule has 140 valence electrons. The first-order valence-electron chi connectivity index (χ1n) is 8.86. The molecule has 3 heterocycles. The van der Waals surface area contributed by atoms with Crippen LogP contribution in [0.4, 0.5) is 10.2 Å². The van der Waals surface area contributed by atoms with Crippen LogP contribution in [0.15, 0.2) is 36.5 Å². The average Bonchev–Trinajstić information content (AvgIpc) is 3.18. The Morgan fingerprint density at radius 2 is 2.07 bits per heavy atom. The molecule has 1 N–H and O–H groups in total. The molecule has 27 heavy (non-hydrogen) atoms. The molecule has 1 amide bonds. The molecule has 0 spiro atoms. The topological polar surface area (TPSA) is 68.0 Å². The van der Waals surface area contributed by atoms with Crippen molar-refractivity contribution in [1.82, 2.24) is 24.2 Å². The van der Waals surface area contributed by atoms with E-state index < -0.39 is 5.82 Å². The average molecular weight is 368 g/mol. The highest BCUT2D eigenvalue weighted by Gasteiger charge is 2.21. The van der Waals surface area contributed by atoms with E-state index in [9.17, 15) is 9.18 Å². The van der Waals surface area contributed by atoms with Crippen molar-refractivity contribution < 1.29 is 9.18 Å². The van der Waals surface area contributed by atoms with E-state index >= 15 is 0 Å². The molecule has 1 aliphatic rings. The molecule has 7 nitrogen and oxygen atoms in total. The summed E-state index contributed by atoms with van der Waals surface area (Å²) in [5, 5.41) is 7.18. The number of fused-ring (bicyclic) bond motifs is 1. The van der Waals surface area contributed by atoms with Gasteiger partial charge in [0.2, 0.25) is 5.91 Å². The Balaban J connectivity index is 1.47. The highest BCUT2D eigenvalue weighted by molar-refractivity contribution is 5.91. The molecule has 1 aliphatic heterocycles. The summed E-state index contributed by atoms with van der Waals surface area (Å²) in [5.74, 6) is 0.909. The van der Waals surface area contributed by atoms with Crippen LogP contribution in [0.5, 0.6) is 0 Å². The van der Waals surface area contributed by atoms with Gasteiger partial charge in [0.25, 0.3) is 0 Å². The van der Waals surface area contributed by atoms with E-state index in [4.69, 9.17) is 0 Å². The fourth-order valence-corrected chi connectivity index (χ4v) is 3.41. The maximum Gasteiger partial charge on any atom is 0.239 e. The van der Waals surface area contributed by atoms with Crippen LogP contribution < -0.4 is 5.32 Å². The number of hydrogen-bond acceptors (Lipinski definition) is 4. The zero-order valence-corrected chi connectivity index (χ0v) is 15.3. The van der Waals surface area contributed by atoms with Crippen molar-refractivity contribution in [1.29, 1.82) is 0 Å². The number of aromatic nitrogens is 4. The quantitative estimate of drug-likeness (QED) is 0.767. The van der Waals surface area contributed by atoms with E-state index in [0.717, 1.165) is 24.6 Å². The van der Waals surface area contributed by atoms with Gasteiger partial charge in [-0.25, -0.2) is 14.1 Å². The predicted octanol–water partition coefficient (Wildman–Crippen LogP) is 2.28. The van der Waals surface area contributed by atoms with Crippen LogP contribution in [-0.2, 0) is 17.9 Å². The van der Waals surface area contributed by atoms with Crippen LogP contribution in [0.2, 0.25) is 0 Å². The summed E-state index contributed by atoms with van der Waals surface area (Å²) < 4.78 is 17.7. The van der Waals surface area contributed by atoms with Crippen molar-refractivity contribution in [2.75, 3.05) is 18.4 Å². The second-order valence-corrected chi connectivity index (χ2v) is 6.74. The number of carbonyl (C=O) groups is 1. The number of amides is 1. The monoisotopic (exact) mass is 368 g/mol. The second kappa shape index (κ2) is 6.96. The molecule has 3 aromatic rings. The van der Waals surface area contributed by atoms with E-state index in [1.807, 2.05) is 13.1 Å². The molecule has 0 saturated carbocycles. The number of hydrogen-bond donors (Lipinski definition) is 1. The molecule has 0 radical (unpaired) electrons. The fourth-order valence-electron chi connectivity index (χ4n) is 3.41. The van der Waals surface area contributed by atoms with E-state index in [1.165, 1.54) is 10.7 Å². The van der Waals surface area contributed by atoms with Crippen LogP contribution in [-0.4, -0.2) is 43.2 Å². The summed E-state index contributed by atoms with van der Waals surface area (Å²) >= 11 is 0. The van der Waals surface area contributed by atoms with Crippen LogP contribution in [0.3, 0.4) is 0 Å². The minimum atomic E-state index is -0.393. The van der Waals surface area contributed by atoms with E-state index in [2.05, 4.69) is 24.9 Å². The van der Waals surface area contributed by atoms with Crippen LogP contribution in [0.1, 0.15) is 17.2 Å². The lowest BCUT2D eigenvalue weighted by atomic mass is 10.3. The van der Waals surface area contributed by atoms with Crippen molar-refractivity contribution in [3.05, 3.63) is 59.6 Å². The molecule has 4 rings (SSSR count). The number of nitrogens with zero attached hydrogens (tertiary/aromatic N) is 5. The maximum absolute atomic E-state index is 14.1. The summed E-state index contributed by atoms with van der Waals surface area (Å²) in [7, 11) is 0. The number of nitrogens with one attached hydrogen (secondary N) is 1. The smallest absolute Gasteiger partial charge is 0.239 e. The van der Waals surface area contributed by atoms with Crippen molar-refractivity contribution >= 4 is 11.7 Å². The van der Waals surface area contributed by atoms with Crippen LogP contribution in [0.25, 0.3) is 5.69 Å². The number of halogens is 1. The van der Waals surface area contributed by atoms with Crippen molar-refractivity contribution in [3.63, 3.8) is 0 Å². The molecule has 0 aliphatic carbocycles. The number of rotatable bonds is 4. The molecule has 8 heteroatoms. The fraction of sp³-hybridized carbons (Fsp3) is 0.316. The standard InChI is InChI=1S/C19H21FN6O/c1-13-9-18(26(23-13)17-6-4-3-5-16(17)20)22-19(27)12-24-7-8-25-14(2)21-10-15(25)11-24/h3-6,9-10H,7-8,11-12H2,1-2H3,(H,22,27). The van der Waals surface area contributed by atoms with Gasteiger partial charge in [-0.05, 0) is 26.0 Å². The number of carbonyl (C=O) groups excluding carboxylic acids is 1. The van der Waals surface area contributed by atoms with E-state index in [1.54, 1.807) is 31.2 Å². The molecule has 1 aromatic carbocycles. The normalized spacial score (nSPS) is 14.2. The minimum Gasteiger partial charge on any atom is -0.330 e. The predicted molar refractivity (Wildman–Crippen MR) is 99.1 cm³/mol. The van der Waals surface area contributed by atoms with Gasteiger partial charge >= 0.3 is 0 Å². The minimum absolute atomic E-state index is 0.155.